The second-order valence-electron chi connectivity index (χ2n) is 5.53. The van der Waals surface area contributed by atoms with Crippen LogP contribution in [-0.4, -0.2) is 15.3 Å². The summed E-state index contributed by atoms with van der Waals surface area (Å²) in [5, 5.41) is 0.645. The summed E-state index contributed by atoms with van der Waals surface area (Å²) in [6.07, 6.45) is 3.79. The lowest BCUT2D eigenvalue weighted by molar-refractivity contribution is 0.0977. The van der Waals surface area contributed by atoms with E-state index in [1.165, 1.54) is 11.3 Å². The van der Waals surface area contributed by atoms with Crippen molar-refractivity contribution in [3.63, 3.8) is 0 Å². The lowest BCUT2D eigenvalue weighted by Gasteiger charge is -2.10. The molecule has 0 saturated carbocycles. The number of benzene rings is 1. The molecule has 2 aromatic heterocycles. The molecule has 2 heterocycles. The number of aryl methyl sites for hydroxylation is 1. The summed E-state index contributed by atoms with van der Waals surface area (Å²) in [5.74, 6) is 0.151. The first kappa shape index (κ1) is 13.4. The first-order chi connectivity index (χ1) is 10.7. The summed E-state index contributed by atoms with van der Waals surface area (Å²) >= 11 is 1.36. The zero-order valence-corrected chi connectivity index (χ0v) is 12.7. The second kappa shape index (κ2) is 5.18. The van der Waals surface area contributed by atoms with Crippen LogP contribution >= 0.6 is 11.3 Å². The van der Waals surface area contributed by atoms with E-state index in [0.29, 0.717) is 23.2 Å². The fourth-order valence-electron chi connectivity index (χ4n) is 2.98. The number of Topliss-reactive ketones (excluding diaryl/α,β-unsaturated/α-hetero) is 1. The fourth-order valence-corrected chi connectivity index (χ4v) is 4.13. The molecule has 4 rings (SSSR count). The van der Waals surface area contributed by atoms with E-state index in [9.17, 15) is 9.59 Å². The van der Waals surface area contributed by atoms with Crippen molar-refractivity contribution in [1.29, 1.82) is 0 Å². The van der Waals surface area contributed by atoms with Gasteiger partial charge >= 0.3 is 0 Å². The maximum absolute atomic E-state index is 12.8. The van der Waals surface area contributed by atoms with Crippen molar-refractivity contribution in [2.45, 2.75) is 25.8 Å². The van der Waals surface area contributed by atoms with E-state index in [2.05, 4.69) is 4.98 Å². The molecule has 0 aliphatic heterocycles. The van der Waals surface area contributed by atoms with Gasteiger partial charge in [0.2, 0.25) is 0 Å². The monoisotopic (exact) mass is 310 g/mol. The Balaban J connectivity index is 1.87. The van der Waals surface area contributed by atoms with Crippen LogP contribution in [0.15, 0.2) is 41.5 Å². The molecule has 22 heavy (non-hydrogen) atoms. The Kier molecular flexibility index (Phi) is 3.15. The Morgan fingerprint density at radius 1 is 1.14 bits per heavy atom. The Morgan fingerprint density at radius 2 is 1.95 bits per heavy atom. The lowest BCUT2D eigenvalue weighted by Crippen LogP contribution is -2.22. The number of nitrogens with zero attached hydrogens (tertiary/aromatic N) is 2. The van der Waals surface area contributed by atoms with Crippen LogP contribution < -0.4 is 5.56 Å². The Morgan fingerprint density at radius 3 is 2.77 bits per heavy atom. The molecule has 1 aromatic carbocycles. The van der Waals surface area contributed by atoms with Crippen LogP contribution in [0.1, 0.15) is 33.6 Å². The number of ketones is 1. The van der Waals surface area contributed by atoms with Crippen LogP contribution in [-0.2, 0) is 13.0 Å². The molecule has 0 unspecified atom stereocenters. The highest BCUT2D eigenvalue weighted by Crippen LogP contribution is 2.33. The van der Waals surface area contributed by atoms with E-state index in [4.69, 9.17) is 0 Å². The summed E-state index contributed by atoms with van der Waals surface area (Å²) in [7, 11) is 0. The Hall–Kier alpha value is -2.27. The minimum atomic E-state index is -0.0407. The number of aromatic nitrogens is 2. The molecule has 0 saturated heterocycles. The molecule has 110 valence electrons. The number of carbonyl (C=O) groups is 1. The summed E-state index contributed by atoms with van der Waals surface area (Å²) < 4.78 is 1.63. The predicted molar refractivity (Wildman–Crippen MR) is 86.7 cm³/mol. The van der Waals surface area contributed by atoms with Gasteiger partial charge in [0.05, 0.1) is 23.1 Å². The van der Waals surface area contributed by atoms with Crippen LogP contribution in [0.4, 0.5) is 0 Å². The quantitative estimate of drug-likeness (QED) is 0.731. The number of fused-ring (bicyclic) bond motifs is 3. The van der Waals surface area contributed by atoms with Crippen molar-refractivity contribution >= 4 is 27.3 Å². The molecule has 3 aromatic rings. The van der Waals surface area contributed by atoms with Crippen molar-refractivity contribution in [3.05, 3.63) is 63.0 Å². The van der Waals surface area contributed by atoms with Gasteiger partial charge in [-0.1, -0.05) is 30.3 Å². The van der Waals surface area contributed by atoms with E-state index in [1.807, 2.05) is 30.3 Å². The summed E-state index contributed by atoms with van der Waals surface area (Å²) in [5.41, 5.74) is 1.93. The van der Waals surface area contributed by atoms with Gasteiger partial charge in [0.1, 0.15) is 4.83 Å². The van der Waals surface area contributed by atoms with Crippen LogP contribution in [0.25, 0.3) is 10.2 Å². The second-order valence-corrected chi connectivity index (χ2v) is 6.53. The molecule has 0 radical (unpaired) electrons. The number of thiophene rings is 1. The number of rotatable bonds is 2. The summed E-state index contributed by atoms with van der Waals surface area (Å²) in [6.45, 7) is 0.501. The molecule has 4 nitrogen and oxygen atoms in total. The topological polar surface area (TPSA) is 52.0 Å². The average molecular weight is 310 g/mol. The van der Waals surface area contributed by atoms with Crippen LogP contribution in [0.2, 0.25) is 0 Å². The van der Waals surface area contributed by atoms with Crippen molar-refractivity contribution in [3.8, 4) is 0 Å². The van der Waals surface area contributed by atoms with Crippen LogP contribution in [0, 0.1) is 0 Å². The van der Waals surface area contributed by atoms with E-state index >= 15 is 0 Å². The minimum Gasteiger partial charge on any atom is -0.294 e. The number of hydrogen-bond acceptors (Lipinski definition) is 4. The van der Waals surface area contributed by atoms with E-state index in [1.54, 1.807) is 10.9 Å². The third-order valence-corrected chi connectivity index (χ3v) is 5.24. The Bertz CT molecular complexity index is 925. The lowest BCUT2D eigenvalue weighted by atomic mass is 9.96. The van der Waals surface area contributed by atoms with Crippen molar-refractivity contribution in [2.75, 3.05) is 0 Å². The average Bonchev–Trinajstić information content (AvgIpc) is 2.92. The molecule has 0 N–H and O–H groups in total. The highest BCUT2D eigenvalue weighted by atomic mass is 32.1. The van der Waals surface area contributed by atoms with E-state index in [-0.39, 0.29) is 11.3 Å². The van der Waals surface area contributed by atoms with Gasteiger partial charge in [-0.05, 0) is 24.0 Å². The van der Waals surface area contributed by atoms with E-state index in [0.717, 1.165) is 28.8 Å². The first-order valence-electron chi connectivity index (χ1n) is 7.32. The number of carbonyl (C=O) groups excluding carboxylic acids is 1. The Labute approximate surface area is 131 Å². The van der Waals surface area contributed by atoms with Gasteiger partial charge in [-0.3, -0.25) is 14.2 Å². The summed E-state index contributed by atoms with van der Waals surface area (Å²) in [6, 6.07) is 9.84. The minimum absolute atomic E-state index is 0.0407. The largest absolute Gasteiger partial charge is 0.294 e. The van der Waals surface area contributed by atoms with Gasteiger partial charge in [-0.25, -0.2) is 4.98 Å². The maximum atomic E-state index is 12.8. The highest BCUT2D eigenvalue weighted by Gasteiger charge is 2.25. The first-order valence-corrected chi connectivity index (χ1v) is 8.13. The van der Waals surface area contributed by atoms with E-state index < -0.39 is 0 Å². The molecule has 0 amide bonds. The molecule has 0 atom stereocenters. The van der Waals surface area contributed by atoms with Gasteiger partial charge in [0, 0.05) is 6.42 Å². The molecule has 1 aliphatic carbocycles. The third-order valence-electron chi connectivity index (χ3n) is 4.06. The van der Waals surface area contributed by atoms with Gasteiger partial charge < -0.3 is 0 Å². The molecule has 0 spiro atoms. The number of hydrogen-bond donors (Lipinski definition) is 0. The zero-order chi connectivity index (χ0) is 15.1. The molecule has 1 aliphatic rings. The summed E-state index contributed by atoms with van der Waals surface area (Å²) in [4.78, 5) is 30.6. The van der Waals surface area contributed by atoms with Crippen molar-refractivity contribution < 1.29 is 4.79 Å². The normalized spacial score (nSPS) is 14.3. The van der Waals surface area contributed by atoms with Gasteiger partial charge in [-0.2, -0.15) is 0 Å². The zero-order valence-electron chi connectivity index (χ0n) is 11.9. The van der Waals surface area contributed by atoms with Crippen molar-refractivity contribution in [1.82, 2.24) is 9.55 Å². The standard InChI is InChI=1S/C17H14N2O2S/c20-13-8-4-7-12-14-16(22-15(12)13)18-10-19(17(14)21)9-11-5-2-1-3-6-11/h1-3,5-6,10H,4,7-9H2. The maximum Gasteiger partial charge on any atom is 0.262 e. The molecule has 5 heteroatoms. The fraction of sp³-hybridized carbons (Fsp3) is 0.235. The predicted octanol–water partition coefficient (Wildman–Crippen LogP) is 3.03. The van der Waals surface area contributed by atoms with Crippen molar-refractivity contribution in [2.24, 2.45) is 0 Å². The third kappa shape index (κ3) is 2.09. The van der Waals surface area contributed by atoms with Gasteiger partial charge in [0.15, 0.2) is 5.78 Å². The SMILES string of the molecule is O=C1CCCc2c1sc1ncn(Cc3ccccc3)c(=O)c21. The van der Waals surface area contributed by atoms with Crippen LogP contribution in [0.5, 0.6) is 0 Å². The molecule has 0 fully saturated rings. The molecular formula is C17H14N2O2S. The highest BCUT2D eigenvalue weighted by molar-refractivity contribution is 7.20. The van der Waals surface area contributed by atoms with Gasteiger partial charge in [0.25, 0.3) is 5.56 Å². The molecule has 0 bridgehead atoms. The van der Waals surface area contributed by atoms with Gasteiger partial charge in [-0.15, -0.1) is 11.3 Å². The smallest absolute Gasteiger partial charge is 0.262 e. The van der Waals surface area contributed by atoms with Crippen LogP contribution in [0.3, 0.4) is 0 Å². The molecular weight excluding hydrogens is 296 g/mol.